The van der Waals surface area contributed by atoms with E-state index in [1.807, 2.05) is 4.90 Å². The van der Waals surface area contributed by atoms with E-state index in [1.165, 1.54) is 4.90 Å². The molecule has 0 aliphatic carbocycles. The Balaban J connectivity index is 2.17. The molecule has 1 saturated heterocycles. The van der Waals surface area contributed by atoms with E-state index < -0.39 is 35.5 Å². The van der Waals surface area contributed by atoms with E-state index in [0.717, 1.165) is 10.9 Å². The summed E-state index contributed by atoms with van der Waals surface area (Å²) >= 11 is 0. The van der Waals surface area contributed by atoms with Crippen LogP contribution in [0.5, 0.6) is 0 Å². The van der Waals surface area contributed by atoms with Gasteiger partial charge in [-0.05, 0) is 20.8 Å². The Kier molecular flexibility index (Phi) is 5.54. The van der Waals surface area contributed by atoms with Gasteiger partial charge in [0, 0.05) is 38.8 Å². The number of rotatable bonds is 4. The molecule has 1 aromatic rings. The monoisotopic (exact) mass is 348 g/mol. The number of hydrogen-bond donors (Lipinski definition) is 1. The normalized spacial score (nSPS) is 18.2. The summed E-state index contributed by atoms with van der Waals surface area (Å²) < 4.78 is 40.9. The number of piperazine rings is 1. The third kappa shape index (κ3) is 4.07. The molecule has 24 heavy (non-hydrogen) atoms. The average Bonchev–Trinajstić information content (AvgIpc) is 2.92. The molecule has 0 radical (unpaired) electrons. The molecule has 1 unspecified atom stereocenters. The molecule has 1 amide bonds. The van der Waals surface area contributed by atoms with Gasteiger partial charge in [-0.15, -0.1) is 0 Å². The van der Waals surface area contributed by atoms with Gasteiger partial charge >= 0.3 is 6.18 Å². The number of nitrogens with zero attached hydrogens (tertiary/aromatic N) is 4. The van der Waals surface area contributed by atoms with Crippen molar-refractivity contribution in [2.45, 2.75) is 39.1 Å². The number of aliphatic hydroxyl groups excluding tert-OH is 1. The fraction of sp³-hybridized carbons (Fsp3) is 0.733. The van der Waals surface area contributed by atoms with Crippen molar-refractivity contribution in [3.63, 3.8) is 0 Å². The smallest absolute Gasteiger partial charge is 0.392 e. The first-order valence-electron chi connectivity index (χ1n) is 7.95. The van der Waals surface area contributed by atoms with Crippen LogP contribution in [0.2, 0.25) is 0 Å². The van der Waals surface area contributed by atoms with Crippen molar-refractivity contribution >= 4 is 5.91 Å². The summed E-state index contributed by atoms with van der Waals surface area (Å²) in [6.07, 6.45) is -4.11. The Hall–Kier alpha value is -1.61. The number of aromatic nitrogens is 2. The number of halogens is 3. The highest BCUT2D eigenvalue weighted by Gasteiger charge is 2.41. The lowest BCUT2D eigenvalue weighted by atomic mass is 10.1. The van der Waals surface area contributed by atoms with Crippen LogP contribution >= 0.6 is 0 Å². The minimum Gasteiger partial charge on any atom is -0.392 e. The predicted octanol–water partition coefficient (Wildman–Crippen LogP) is 1.62. The zero-order valence-electron chi connectivity index (χ0n) is 14.0. The van der Waals surface area contributed by atoms with Crippen LogP contribution in [0.4, 0.5) is 13.2 Å². The molecule has 9 heteroatoms. The van der Waals surface area contributed by atoms with Crippen molar-refractivity contribution in [1.82, 2.24) is 19.6 Å². The van der Waals surface area contributed by atoms with Crippen LogP contribution < -0.4 is 0 Å². The van der Waals surface area contributed by atoms with Gasteiger partial charge in [0.25, 0.3) is 5.91 Å². The Morgan fingerprint density at radius 2 is 1.83 bits per heavy atom. The van der Waals surface area contributed by atoms with Crippen molar-refractivity contribution in [3.8, 4) is 0 Å². The van der Waals surface area contributed by atoms with Gasteiger partial charge in [0.2, 0.25) is 0 Å². The van der Waals surface area contributed by atoms with Crippen molar-refractivity contribution < 1.29 is 23.1 Å². The van der Waals surface area contributed by atoms with E-state index in [-0.39, 0.29) is 0 Å². The standard InChI is InChI=1S/C15H23F3N4O2/c1-10(2)22-13(15(16,17)18)12(8-19-22)14(24)21-6-4-20(5-7-21)9-11(3)23/h8,10-11,23H,4-7,9H2,1-3H3. The summed E-state index contributed by atoms with van der Waals surface area (Å²) in [4.78, 5) is 15.9. The summed E-state index contributed by atoms with van der Waals surface area (Å²) in [5, 5.41) is 13.1. The van der Waals surface area contributed by atoms with Gasteiger partial charge in [-0.25, -0.2) is 0 Å². The van der Waals surface area contributed by atoms with Crippen LogP contribution in [0.25, 0.3) is 0 Å². The minimum atomic E-state index is -4.64. The molecule has 0 bridgehead atoms. The van der Waals surface area contributed by atoms with Gasteiger partial charge in [0.05, 0.1) is 17.9 Å². The molecule has 1 aliphatic heterocycles. The first-order chi connectivity index (χ1) is 11.1. The number of alkyl halides is 3. The van der Waals surface area contributed by atoms with Crippen LogP contribution in [-0.2, 0) is 6.18 Å². The highest BCUT2D eigenvalue weighted by molar-refractivity contribution is 5.95. The lowest BCUT2D eigenvalue weighted by Crippen LogP contribution is -2.50. The van der Waals surface area contributed by atoms with Gasteiger partial charge in [-0.3, -0.25) is 14.4 Å². The second-order valence-corrected chi connectivity index (χ2v) is 6.38. The molecule has 1 aliphatic rings. The Morgan fingerprint density at radius 3 is 2.29 bits per heavy atom. The van der Waals surface area contributed by atoms with Crippen LogP contribution in [0.1, 0.15) is 42.9 Å². The van der Waals surface area contributed by atoms with Gasteiger partial charge in [-0.1, -0.05) is 0 Å². The first kappa shape index (κ1) is 18.7. The zero-order chi connectivity index (χ0) is 18.1. The van der Waals surface area contributed by atoms with E-state index in [0.29, 0.717) is 32.7 Å². The van der Waals surface area contributed by atoms with E-state index in [9.17, 15) is 23.1 Å². The van der Waals surface area contributed by atoms with Gasteiger partial charge in [0.15, 0.2) is 5.69 Å². The fourth-order valence-electron chi connectivity index (χ4n) is 2.87. The molecule has 1 atom stereocenters. The number of hydrogen-bond acceptors (Lipinski definition) is 4. The number of β-amino-alcohol motifs (C(OH)–C–C–N with tert-alkyl or cyclic N) is 1. The van der Waals surface area contributed by atoms with Crippen molar-refractivity contribution in [3.05, 3.63) is 17.5 Å². The summed E-state index contributed by atoms with van der Waals surface area (Å²) in [7, 11) is 0. The number of aliphatic hydroxyl groups is 1. The molecule has 0 spiro atoms. The number of amides is 1. The molecule has 136 valence electrons. The van der Waals surface area contributed by atoms with Crippen molar-refractivity contribution in [2.75, 3.05) is 32.7 Å². The first-order valence-corrected chi connectivity index (χ1v) is 7.95. The molecular weight excluding hydrogens is 325 g/mol. The summed E-state index contributed by atoms with van der Waals surface area (Å²) in [6.45, 7) is 7.04. The van der Waals surface area contributed by atoms with Crippen molar-refractivity contribution in [1.29, 1.82) is 0 Å². The van der Waals surface area contributed by atoms with E-state index in [1.54, 1.807) is 20.8 Å². The van der Waals surface area contributed by atoms with E-state index >= 15 is 0 Å². The van der Waals surface area contributed by atoms with Crippen molar-refractivity contribution in [2.24, 2.45) is 0 Å². The maximum absolute atomic E-state index is 13.4. The molecule has 1 aromatic heterocycles. The summed E-state index contributed by atoms with van der Waals surface area (Å²) in [5.41, 5.74) is -1.39. The topological polar surface area (TPSA) is 61.6 Å². The summed E-state index contributed by atoms with van der Waals surface area (Å²) in [5.74, 6) is -0.647. The van der Waals surface area contributed by atoms with Crippen LogP contribution in [0.3, 0.4) is 0 Å². The second-order valence-electron chi connectivity index (χ2n) is 6.38. The zero-order valence-corrected chi connectivity index (χ0v) is 14.0. The molecular formula is C15H23F3N4O2. The van der Waals surface area contributed by atoms with Crippen LogP contribution in [0.15, 0.2) is 6.20 Å². The average molecular weight is 348 g/mol. The third-order valence-corrected chi connectivity index (χ3v) is 3.97. The maximum atomic E-state index is 13.4. The quantitative estimate of drug-likeness (QED) is 0.898. The third-order valence-electron chi connectivity index (χ3n) is 3.97. The molecule has 1 fully saturated rings. The Bertz CT molecular complexity index is 576. The number of carbonyl (C=O) groups is 1. The van der Waals surface area contributed by atoms with E-state index in [4.69, 9.17) is 0 Å². The SMILES string of the molecule is CC(O)CN1CCN(C(=O)c2cnn(C(C)C)c2C(F)(F)F)CC1. The highest BCUT2D eigenvalue weighted by Crippen LogP contribution is 2.34. The minimum absolute atomic E-state index is 0.329. The lowest BCUT2D eigenvalue weighted by Gasteiger charge is -2.35. The van der Waals surface area contributed by atoms with Gasteiger partial charge in [-0.2, -0.15) is 18.3 Å². The fourth-order valence-corrected chi connectivity index (χ4v) is 2.87. The maximum Gasteiger partial charge on any atom is 0.433 e. The Labute approximate surface area is 138 Å². The highest BCUT2D eigenvalue weighted by atomic mass is 19.4. The molecule has 2 rings (SSSR count). The lowest BCUT2D eigenvalue weighted by molar-refractivity contribution is -0.145. The largest absolute Gasteiger partial charge is 0.433 e. The molecule has 1 N–H and O–H groups in total. The molecule has 0 saturated carbocycles. The van der Waals surface area contributed by atoms with E-state index in [2.05, 4.69) is 5.10 Å². The molecule has 2 heterocycles. The van der Waals surface area contributed by atoms with Gasteiger partial charge in [0.1, 0.15) is 0 Å². The molecule has 6 nitrogen and oxygen atoms in total. The number of carbonyl (C=O) groups excluding carboxylic acids is 1. The van der Waals surface area contributed by atoms with Crippen LogP contribution in [0, 0.1) is 0 Å². The Morgan fingerprint density at radius 1 is 1.25 bits per heavy atom. The van der Waals surface area contributed by atoms with Crippen LogP contribution in [-0.4, -0.2) is 69.4 Å². The van der Waals surface area contributed by atoms with Gasteiger partial charge < -0.3 is 10.0 Å². The summed E-state index contributed by atoms with van der Waals surface area (Å²) in [6, 6.07) is -0.494. The predicted molar refractivity (Wildman–Crippen MR) is 81.6 cm³/mol. The second kappa shape index (κ2) is 7.10. The molecule has 0 aromatic carbocycles.